The second-order valence-electron chi connectivity index (χ2n) is 3.50. The third kappa shape index (κ3) is 5.41. The first kappa shape index (κ1) is 15.7. The number of nitrogens with two attached hydrogens (primary N) is 1. The van der Waals surface area contributed by atoms with Crippen LogP contribution in [0, 0.1) is 0 Å². The highest BCUT2D eigenvalue weighted by atomic mass is 35.5. The zero-order valence-electron chi connectivity index (χ0n) is 9.58. The molecule has 19 heavy (non-hydrogen) atoms. The molecule has 1 aromatic heterocycles. The van der Waals surface area contributed by atoms with Crippen molar-refractivity contribution in [1.82, 2.24) is 20.5 Å². The van der Waals surface area contributed by atoms with Crippen molar-refractivity contribution in [2.45, 2.75) is 12.3 Å². The van der Waals surface area contributed by atoms with Crippen molar-refractivity contribution >= 4 is 23.4 Å². The van der Waals surface area contributed by atoms with Crippen LogP contribution in [-0.4, -0.2) is 52.2 Å². The lowest BCUT2D eigenvalue weighted by molar-refractivity contribution is -0.201. The van der Waals surface area contributed by atoms with Crippen molar-refractivity contribution in [3.8, 4) is 0 Å². The maximum absolute atomic E-state index is 11.9. The maximum Gasteiger partial charge on any atom is 0.415 e. The van der Waals surface area contributed by atoms with Crippen LogP contribution >= 0.6 is 11.6 Å². The highest BCUT2D eigenvalue weighted by Crippen LogP contribution is 2.19. The zero-order valence-corrected chi connectivity index (χ0v) is 10.3. The summed E-state index contributed by atoms with van der Waals surface area (Å²) >= 11 is 5.51. The van der Waals surface area contributed by atoms with Gasteiger partial charge in [0.2, 0.25) is 5.95 Å². The van der Waals surface area contributed by atoms with E-state index in [4.69, 9.17) is 22.4 Å². The van der Waals surface area contributed by atoms with E-state index in [-0.39, 0.29) is 30.0 Å². The van der Waals surface area contributed by atoms with Gasteiger partial charge in [-0.2, -0.15) is 18.2 Å². The molecule has 108 valence electrons. The molecule has 0 radical (unpaired) electrons. The number of hydrogen-bond donors (Lipinski definition) is 4. The molecule has 0 aliphatic heterocycles. The molecule has 7 nitrogen and oxygen atoms in total. The summed E-state index contributed by atoms with van der Waals surface area (Å²) in [5.41, 5.74) is 5.38. The number of halogens is 4. The monoisotopic (exact) mass is 300 g/mol. The summed E-state index contributed by atoms with van der Waals surface area (Å²) in [6.07, 6.45) is -7.02. The minimum absolute atomic E-state index is 0.000352. The lowest BCUT2D eigenvalue weighted by Gasteiger charge is -2.15. The van der Waals surface area contributed by atoms with Crippen LogP contribution in [-0.2, 0) is 0 Å². The molecule has 0 unspecified atom stereocenters. The van der Waals surface area contributed by atoms with E-state index in [2.05, 4.69) is 25.8 Å². The van der Waals surface area contributed by atoms with Crippen molar-refractivity contribution < 1.29 is 18.3 Å². The SMILES string of the molecule is Nc1nc(NCCNC[C@@H](O)C(F)(F)F)nnc1Cl. The molecule has 0 fully saturated rings. The largest absolute Gasteiger partial charge is 0.415 e. The van der Waals surface area contributed by atoms with Crippen LogP contribution in [0.25, 0.3) is 0 Å². The highest BCUT2D eigenvalue weighted by molar-refractivity contribution is 6.31. The predicted molar refractivity (Wildman–Crippen MR) is 62.7 cm³/mol. The molecule has 1 heterocycles. The van der Waals surface area contributed by atoms with E-state index in [1.54, 1.807) is 0 Å². The van der Waals surface area contributed by atoms with E-state index in [0.717, 1.165) is 0 Å². The van der Waals surface area contributed by atoms with Gasteiger partial charge in [-0.25, -0.2) is 0 Å². The van der Waals surface area contributed by atoms with Gasteiger partial charge in [0, 0.05) is 19.6 Å². The van der Waals surface area contributed by atoms with Gasteiger partial charge < -0.3 is 21.5 Å². The van der Waals surface area contributed by atoms with Gasteiger partial charge in [-0.15, -0.1) is 10.2 Å². The normalized spacial score (nSPS) is 13.3. The van der Waals surface area contributed by atoms with E-state index in [1.165, 1.54) is 0 Å². The van der Waals surface area contributed by atoms with E-state index in [0.29, 0.717) is 0 Å². The smallest absolute Gasteiger partial charge is 0.382 e. The second kappa shape index (κ2) is 6.68. The van der Waals surface area contributed by atoms with Gasteiger partial charge in [-0.3, -0.25) is 0 Å². The predicted octanol–water partition coefficient (Wildman–Crippen LogP) is 0.0319. The fourth-order valence-electron chi connectivity index (χ4n) is 1.02. The number of nitrogens with zero attached hydrogens (tertiary/aromatic N) is 3. The maximum atomic E-state index is 11.9. The molecule has 0 aliphatic carbocycles. The quantitative estimate of drug-likeness (QED) is 0.549. The molecule has 0 saturated heterocycles. The van der Waals surface area contributed by atoms with Gasteiger partial charge in [-0.1, -0.05) is 11.6 Å². The average molecular weight is 301 g/mol. The molecule has 0 aliphatic rings. The summed E-state index contributed by atoms with van der Waals surface area (Å²) in [5.74, 6) is 0.111. The highest BCUT2D eigenvalue weighted by Gasteiger charge is 2.37. The molecule has 1 rings (SSSR count). The van der Waals surface area contributed by atoms with Crippen LogP contribution in [0.15, 0.2) is 0 Å². The Kier molecular flexibility index (Phi) is 5.51. The minimum Gasteiger partial charge on any atom is -0.382 e. The third-order valence-corrected chi connectivity index (χ3v) is 2.24. The van der Waals surface area contributed by atoms with E-state index < -0.39 is 18.8 Å². The molecule has 0 aromatic carbocycles. The van der Waals surface area contributed by atoms with Gasteiger partial charge in [0.25, 0.3) is 0 Å². The third-order valence-electron chi connectivity index (χ3n) is 1.97. The average Bonchev–Trinajstić information content (AvgIpc) is 2.31. The van der Waals surface area contributed by atoms with Crippen molar-refractivity contribution in [1.29, 1.82) is 0 Å². The standard InChI is InChI=1S/C8H12ClF3N6O/c9-5-6(13)16-7(18-17-5)15-2-1-14-3-4(19)8(10,11)12/h4,14,19H,1-3H2,(H3,13,15,16,18)/t4-/m1/s1. The summed E-state index contributed by atoms with van der Waals surface area (Å²) in [6.45, 7) is -0.195. The van der Waals surface area contributed by atoms with Gasteiger partial charge in [0.05, 0.1) is 0 Å². The molecule has 0 spiro atoms. The van der Waals surface area contributed by atoms with Crippen LogP contribution in [0.5, 0.6) is 0 Å². The topological polar surface area (TPSA) is 109 Å². The summed E-state index contributed by atoms with van der Waals surface area (Å²) in [7, 11) is 0. The van der Waals surface area contributed by atoms with Gasteiger partial charge in [0.15, 0.2) is 17.1 Å². The molecule has 5 N–H and O–H groups in total. The van der Waals surface area contributed by atoms with E-state index in [9.17, 15) is 13.2 Å². The fourth-order valence-corrected chi connectivity index (χ4v) is 1.10. The van der Waals surface area contributed by atoms with Crippen LogP contribution in [0.4, 0.5) is 24.9 Å². The first-order chi connectivity index (χ1) is 8.80. The number of rotatable bonds is 6. The molecule has 0 saturated carbocycles. The summed E-state index contributed by atoms with van der Waals surface area (Å²) in [4.78, 5) is 3.75. The minimum atomic E-state index is -4.63. The van der Waals surface area contributed by atoms with Crippen molar-refractivity contribution in [2.75, 3.05) is 30.7 Å². The number of aromatic nitrogens is 3. The second-order valence-corrected chi connectivity index (χ2v) is 3.86. The Bertz CT molecular complexity index is 418. The van der Waals surface area contributed by atoms with Crippen LogP contribution in [0.1, 0.15) is 0 Å². The molecule has 0 bridgehead atoms. The Morgan fingerprint density at radius 3 is 2.58 bits per heavy atom. The van der Waals surface area contributed by atoms with Crippen LogP contribution in [0.2, 0.25) is 5.15 Å². The van der Waals surface area contributed by atoms with E-state index in [1.807, 2.05) is 0 Å². The molecule has 11 heteroatoms. The Morgan fingerprint density at radius 1 is 1.32 bits per heavy atom. The van der Waals surface area contributed by atoms with Crippen molar-refractivity contribution in [3.63, 3.8) is 0 Å². The summed E-state index contributed by atoms with van der Waals surface area (Å²) in [6, 6.07) is 0. The molecule has 0 amide bonds. The van der Waals surface area contributed by atoms with Crippen molar-refractivity contribution in [3.05, 3.63) is 5.15 Å². The van der Waals surface area contributed by atoms with Crippen LogP contribution < -0.4 is 16.4 Å². The molecule has 1 atom stereocenters. The number of hydrogen-bond acceptors (Lipinski definition) is 7. The number of nitrogens with one attached hydrogen (secondary N) is 2. The number of aliphatic hydroxyl groups is 1. The van der Waals surface area contributed by atoms with E-state index >= 15 is 0 Å². The van der Waals surface area contributed by atoms with Crippen LogP contribution in [0.3, 0.4) is 0 Å². The molecular formula is C8H12ClF3N6O. The molecule has 1 aromatic rings. The number of alkyl halides is 3. The fraction of sp³-hybridized carbons (Fsp3) is 0.625. The lowest BCUT2D eigenvalue weighted by Crippen LogP contribution is -2.39. The Labute approximate surface area is 111 Å². The summed E-state index contributed by atoms with van der Waals surface area (Å²) in [5, 5.41) is 20.8. The number of aliphatic hydroxyl groups excluding tert-OH is 1. The number of anilines is 2. The Morgan fingerprint density at radius 2 is 2.00 bits per heavy atom. The van der Waals surface area contributed by atoms with Crippen molar-refractivity contribution in [2.24, 2.45) is 0 Å². The number of nitrogen functional groups attached to an aromatic ring is 1. The Balaban J connectivity index is 2.22. The first-order valence-electron chi connectivity index (χ1n) is 5.15. The molecular weight excluding hydrogens is 289 g/mol. The first-order valence-corrected chi connectivity index (χ1v) is 5.53. The lowest BCUT2D eigenvalue weighted by atomic mass is 10.3. The van der Waals surface area contributed by atoms with Gasteiger partial charge in [-0.05, 0) is 0 Å². The Hall–Kier alpha value is -1.39. The van der Waals surface area contributed by atoms with Gasteiger partial charge >= 0.3 is 6.18 Å². The zero-order chi connectivity index (χ0) is 14.5. The summed E-state index contributed by atoms with van der Waals surface area (Å²) < 4.78 is 35.8. The van der Waals surface area contributed by atoms with Gasteiger partial charge in [0.1, 0.15) is 0 Å².